The van der Waals surface area contributed by atoms with E-state index < -0.39 is 16.6 Å². The first-order valence-corrected chi connectivity index (χ1v) is 16.2. The second-order valence-corrected chi connectivity index (χ2v) is 20.0. The fraction of sp³-hybridized carbons (Fsp3) is 0.818. The standard InChI is InChI=1S/C22H46O3Si2/c1-13-15-17-23-18-16-20(25-27(11,12)22(6,7)8)19(14-2)24-26(9,10)21(3,4)5/h14,16,18-20H,2,13,15,17H2,1,3-12H3/b18-16-/t19-,20+/m0/s1. The molecule has 0 N–H and O–H groups in total. The second-order valence-electron chi connectivity index (χ2n) is 10.5. The largest absolute Gasteiger partial charge is 0.501 e. The van der Waals surface area contributed by atoms with Crippen LogP contribution in [0, 0.1) is 0 Å². The maximum Gasteiger partial charge on any atom is 0.193 e. The van der Waals surface area contributed by atoms with Crippen molar-refractivity contribution in [2.75, 3.05) is 6.61 Å². The first-order chi connectivity index (χ1) is 12.1. The first-order valence-electron chi connectivity index (χ1n) is 10.4. The highest BCUT2D eigenvalue weighted by atomic mass is 28.4. The average Bonchev–Trinajstić information content (AvgIpc) is 2.49. The van der Waals surface area contributed by atoms with E-state index in [9.17, 15) is 0 Å². The molecule has 0 aromatic carbocycles. The normalized spacial score (nSPS) is 16.4. The van der Waals surface area contributed by atoms with Crippen LogP contribution < -0.4 is 0 Å². The predicted octanol–water partition coefficient (Wildman–Crippen LogP) is 7.28. The van der Waals surface area contributed by atoms with Crippen LogP contribution in [0.25, 0.3) is 0 Å². The van der Waals surface area contributed by atoms with Gasteiger partial charge in [0, 0.05) is 0 Å². The zero-order valence-corrected chi connectivity index (χ0v) is 21.9. The van der Waals surface area contributed by atoms with Crippen LogP contribution in [-0.4, -0.2) is 35.4 Å². The van der Waals surface area contributed by atoms with Crippen molar-refractivity contribution in [2.45, 2.75) is 110 Å². The Kier molecular flexibility index (Phi) is 10.3. The summed E-state index contributed by atoms with van der Waals surface area (Å²) in [5.41, 5.74) is 0. The predicted molar refractivity (Wildman–Crippen MR) is 124 cm³/mol. The molecule has 0 aliphatic rings. The lowest BCUT2D eigenvalue weighted by molar-refractivity contribution is 0.0914. The molecule has 0 aromatic rings. The Hall–Kier alpha value is -0.366. The van der Waals surface area contributed by atoms with Crippen LogP contribution in [0.3, 0.4) is 0 Å². The summed E-state index contributed by atoms with van der Waals surface area (Å²) in [7, 11) is -3.91. The molecular formula is C22H46O3Si2. The third-order valence-corrected chi connectivity index (χ3v) is 15.0. The minimum Gasteiger partial charge on any atom is -0.501 e. The van der Waals surface area contributed by atoms with E-state index in [0.717, 1.165) is 19.4 Å². The quantitative estimate of drug-likeness (QED) is 0.154. The van der Waals surface area contributed by atoms with Crippen LogP contribution in [-0.2, 0) is 13.6 Å². The molecule has 0 saturated carbocycles. The fourth-order valence-corrected chi connectivity index (χ4v) is 4.44. The summed E-state index contributed by atoms with van der Waals surface area (Å²) in [6, 6.07) is 0. The molecule has 0 saturated heterocycles. The molecule has 3 nitrogen and oxygen atoms in total. The summed E-state index contributed by atoms with van der Waals surface area (Å²) in [4.78, 5) is 0. The third kappa shape index (κ3) is 8.67. The van der Waals surface area contributed by atoms with Crippen molar-refractivity contribution in [3.8, 4) is 0 Å². The summed E-state index contributed by atoms with van der Waals surface area (Å²) in [5, 5.41) is 0.266. The lowest BCUT2D eigenvalue weighted by atomic mass is 10.2. The summed E-state index contributed by atoms with van der Waals surface area (Å²) in [5.74, 6) is 0. The first kappa shape index (κ1) is 26.6. The van der Waals surface area contributed by atoms with Crippen LogP contribution in [0.2, 0.25) is 36.3 Å². The van der Waals surface area contributed by atoms with E-state index in [0.29, 0.717) is 0 Å². The molecule has 0 bridgehead atoms. The second kappa shape index (κ2) is 10.4. The number of unbranched alkanes of at least 4 members (excludes halogenated alkanes) is 1. The Morgan fingerprint density at radius 1 is 0.852 bits per heavy atom. The molecule has 27 heavy (non-hydrogen) atoms. The van der Waals surface area contributed by atoms with Crippen molar-refractivity contribution >= 4 is 16.6 Å². The van der Waals surface area contributed by atoms with Crippen LogP contribution in [0.4, 0.5) is 0 Å². The van der Waals surface area contributed by atoms with Gasteiger partial charge in [-0.2, -0.15) is 0 Å². The zero-order chi connectivity index (χ0) is 21.5. The van der Waals surface area contributed by atoms with E-state index in [1.807, 2.05) is 12.2 Å². The van der Waals surface area contributed by atoms with Gasteiger partial charge in [-0.25, -0.2) is 0 Å². The molecule has 0 heterocycles. The monoisotopic (exact) mass is 414 g/mol. The molecule has 0 rings (SSSR count). The van der Waals surface area contributed by atoms with Gasteiger partial charge in [-0.05, 0) is 48.8 Å². The minimum atomic E-state index is -1.96. The van der Waals surface area contributed by atoms with Crippen LogP contribution in [0.1, 0.15) is 61.3 Å². The van der Waals surface area contributed by atoms with Crippen LogP contribution >= 0.6 is 0 Å². The van der Waals surface area contributed by atoms with E-state index in [-0.39, 0.29) is 22.3 Å². The molecule has 0 aliphatic heterocycles. The number of rotatable bonds is 11. The van der Waals surface area contributed by atoms with Crippen molar-refractivity contribution in [3.05, 3.63) is 25.0 Å². The topological polar surface area (TPSA) is 27.7 Å². The Balaban J connectivity index is 5.55. The molecule has 0 unspecified atom stereocenters. The molecule has 0 radical (unpaired) electrons. The van der Waals surface area contributed by atoms with Gasteiger partial charge in [0.05, 0.1) is 25.1 Å². The Labute approximate surface area is 171 Å². The van der Waals surface area contributed by atoms with Crippen molar-refractivity contribution in [3.63, 3.8) is 0 Å². The molecule has 0 amide bonds. The Bertz CT molecular complexity index is 471. The van der Waals surface area contributed by atoms with Crippen LogP contribution in [0.15, 0.2) is 25.0 Å². The van der Waals surface area contributed by atoms with Gasteiger partial charge in [-0.1, -0.05) is 61.0 Å². The third-order valence-electron chi connectivity index (χ3n) is 6.01. The lowest BCUT2D eigenvalue weighted by Gasteiger charge is -2.43. The van der Waals surface area contributed by atoms with E-state index >= 15 is 0 Å². The maximum absolute atomic E-state index is 6.72. The molecule has 0 aromatic heterocycles. The fourth-order valence-electron chi connectivity index (χ4n) is 1.93. The molecule has 0 spiro atoms. The highest BCUT2D eigenvalue weighted by molar-refractivity contribution is 6.74. The maximum atomic E-state index is 6.72. The molecule has 2 atom stereocenters. The number of ether oxygens (including phenoxy) is 1. The highest BCUT2D eigenvalue weighted by Gasteiger charge is 2.43. The van der Waals surface area contributed by atoms with Gasteiger partial charge >= 0.3 is 0 Å². The van der Waals surface area contributed by atoms with Gasteiger partial charge in [-0.3, -0.25) is 0 Å². The smallest absolute Gasteiger partial charge is 0.193 e. The van der Waals surface area contributed by atoms with Gasteiger partial charge in [0.1, 0.15) is 0 Å². The highest BCUT2D eigenvalue weighted by Crippen LogP contribution is 2.40. The Morgan fingerprint density at radius 2 is 1.30 bits per heavy atom. The number of hydrogen-bond acceptors (Lipinski definition) is 3. The molecule has 0 aliphatic carbocycles. The van der Waals surface area contributed by atoms with Gasteiger partial charge in [0.2, 0.25) is 0 Å². The molecule has 5 heteroatoms. The molecule has 0 fully saturated rings. The van der Waals surface area contributed by atoms with E-state index in [1.54, 1.807) is 6.26 Å². The van der Waals surface area contributed by atoms with Crippen molar-refractivity contribution < 1.29 is 13.6 Å². The van der Waals surface area contributed by atoms with Crippen molar-refractivity contribution in [1.82, 2.24) is 0 Å². The lowest BCUT2D eigenvalue weighted by Crippen LogP contribution is -2.50. The summed E-state index contributed by atoms with van der Waals surface area (Å²) in [6.07, 6.45) is 7.54. The minimum absolute atomic E-state index is 0.130. The van der Waals surface area contributed by atoms with Crippen molar-refractivity contribution in [1.29, 1.82) is 0 Å². The zero-order valence-electron chi connectivity index (χ0n) is 19.9. The van der Waals surface area contributed by atoms with E-state index in [1.165, 1.54) is 0 Å². The Morgan fingerprint density at radius 3 is 1.67 bits per heavy atom. The van der Waals surface area contributed by atoms with E-state index in [4.69, 9.17) is 13.6 Å². The van der Waals surface area contributed by atoms with Gasteiger partial charge in [0.25, 0.3) is 0 Å². The summed E-state index contributed by atoms with van der Waals surface area (Å²) < 4.78 is 19.1. The number of hydrogen-bond donors (Lipinski definition) is 0. The summed E-state index contributed by atoms with van der Waals surface area (Å²) in [6.45, 7) is 29.6. The SMILES string of the molecule is C=C[C@H](O[Si](C)(C)C(C)(C)C)[C@@H](/C=C\OCCCC)O[Si](C)(C)C(C)(C)C. The molecular weight excluding hydrogens is 368 g/mol. The van der Waals surface area contributed by atoms with Gasteiger partial charge < -0.3 is 13.6 Å². The van der Waals surface area contributed by atoms with Crippen LogP contribution in [0.5, 0.6) is 0 Å². The summed E-state index contributed by atoms with van der Waals surface area (Å²) >= 11 is 0. The molecule has 160 valence electrons. The average molecular weight is 415 g/mol. The van der Waals surface area contributed by atoms with E-state index in [2.05, 4.69) is 81.2 Å². The van der Waals surface area contributed by atoms with Gasteiger partial charge in [-0.15, -0.1) is 6.58 Å². The van der Waals surface area contributed by atoms with Crippen molar-refractivity contribution in [2.24, 2.45) is 0 Å². The van der Waals surface area contributed by atoms with Gasteiger partial charge in [0.15, 0.2) is 16.6 Å².